The van der Waals surface area contributed by atoms with Gasteiger partial charge in [-0.25, -0.2) is 28.5 Å². The summed E-state index contributed by atoms with van der Waals surface area (Å²) in [7, 11) is 3.20. The van der Waals surface area contributed by atoms with E-state index in [1.807, 2.05) is 36.4 Å². The second kappa shape index (κ2) is 9.93. The molecule has 0 bridgehead atoms. The Balaban J connectivity index is 1.30. The van der Waals surface area contributed by atoms with Crippen molar-refractivity contribution < 1.29 is 13.9 Å². The number of nitrogens with zero attached hydrogens (tertiary/aromatic N) is 5. The highest BCUT2D eigenvalue weighted by Crippen LogP contribution is 2.25. The number of carbonyl (C=O) groups excluding carboxylic acids is 1. The van der Waals surface area contributed by atoms with Crippen molar-refractivity contribution in [2.75, 3.05) is 20.2 Å². The number of aryl methyl sites for hydroxylation is 2. The fourth-order valence-electron chi connectivity index (χ4n) is 4.78. The van der Waals surface area contributed by atoms with E-state index in [4.69, 9.17) is 4.74 Å². The average Bonchev–Trinajstić information content (AvgIpc) is 3.17. The number of rotatable bonds is 5. The van der Waals surface area contributed by atoms with Crippen LogP contribution in [0.4, 0.5) is 9.18 Å². The van der Waals surface area contributed by atoms with E-state index in [1.165, 1.54) is 27.5 Å². The maximum absolute atomic E-state index is 13.4. The number of carbonyl (C=O) groups is 1. The van der Waals surface area contributed by atoms with Crippen molar-refractivity contribution in [3.63, 3.8) is 0 Å². The van der Waals surface area contributed by atoms with Crippen LogP contribution in [-0.4, -0.2) is 50.2 Å². The molecule has 0 saturated carbocycles. The van der Waals surface area contributed by atoms with E-state index in [0.29, 0.717) is 41.7 Å². The molecule has 0 unspecified atom stereocenters. The lowest BCUT2D eigenvalue weighted by molar-refractivity contribution is 0.169. The number of amides is 1. The maximum atomic E-state index is 13.4. The summed E-state index contributed by atoms with van der Waals surface area (Å²) in [6.07, 6.45) is 5.13. The fourth-order valence-corrected chi connectivity index (χ4v) is 4.78. The Kier molecular flexibility index (Phi) is 6.54. The highest BCUT2D eigenvalue weighted by atomic mass is 19.1. The van der Waals surface area contributed by atoms with Crippen molar-refractivity contribution >= 4 is 17.2 Å². The van der Waals surface area contributed by atoms with Crippen LogP contribution >= 0.6 is 0 Å². The lowest BCUT2D eigenvalue weighted by atomic mass is 9.90. The molecule has 1 amide bonds. The topological polar surface area (TPSA) is 82.2 Å². The predicted octanol–water partition coefficient (Wildman–Crippen LogP) is 4.26. The van der Waals surface area contributed by atoms with Gasteiger partial charge in [-0.05, 0) is 61.4 Å². The van der Waals surface area contributed by atoms with Crippen molar-refractivity contribution in [1.82, 2.24) is 24.0 Å². The lowest BCUT2D eigenvalue weighted by Gasteiger charge is -2.31. The summed E-state index contributed by atoms with van der Waals surface area (Å²) in [6, 6.07) is 13.6. The number of fused-ring (bicyclic) bond motifs is 1. The second-order valence-electron chi connectivity index (χ2n) is 9.19. The molecule has 1 fully saturated rings. The SMILES string of the molecule is COc1cccc(-c2ncc3c(n2)n(C)c(=O)n3C(=O)N2CCC(CCc3ccc(F)cc3)CC2)c1. The van der Waals surface area contributed by atoms with Crippen LogP contribution in [0.3, 0.4) is 0 Å². The van der Waals surface area contributed by atoms with Crippen LogP contribution in [0.5, 0.6) is 5.75 Å². The van der Waals surface area contributed by atoms with Crippen LogP contribution in [0.15, 0.2) is 59.5 Å². The molecular formula is C27H28FN5O3. The van der Waals surface area contributed by atoms with Crippen LogP contribution < -0.4 is 10.4 Å². The highest BCUT2D eigenvalue weighted by Gasteiger charge is 2.27. The van der Waals surface area contributed by atoms with Crippen LogP contribution in [0, 0.1) is 11.7 Å². The molecule has 186 valence electrons. The Bertz CT molecular complexity index is 1450. The van der Waals surface area contributed by atoms with Gasteiger partial charge in [0, 0.05) is 25.7 Å². The molecule has 1 aliphatic rings. The predicted molar refractivity (Wildman–Crippen MR) is 135 cm³/mol. The number of ether oxygens (including phenoxy) is 1. The number of halogens is 1. The molecule has 2 aromatic carbocycles. The Morgan fingerprint density at radius 2 is 1.89 bits per heavy atom. The molecule has 3 heterocycles. The number of piperidine rings is 1. The summed E-state index contributed by atoms with van der Waals surface area (Å²) in [4.78, 5) is 37.1. The monoisotopic (exact) mass is 489 g/mol. The Morgan fingerprint density at radius 1 is 1.14 bits per heavy atom. The molecule has 0 radical (unpaired) electrons. The van der Waals surface area contributed by atoms with Gasteiger partial charge in [0.2, 0.25) is 0 Å². The molecule has 9 heteroatoms. The van der Waals surface area contributed by atoms with Crippen molar-refractivity contribution in [3.05, 3.63) is 76.6 Å². The minimum absolute atomic E-state index is 0.226. The van der Waals surface area contributed by atoms with E-state index in [1.54, 1.807) is 19.1 Å². The summed E-state index contributed by atoms with van der Waals surface area (Å²) in [6.45, 7) is 1.16. The number of benzene rings is 2. The van der Waals surface area contributed by atoms with E-state index in [-0.39, 0.29) is 11.8 Å². The van der Waals surface area contributed by atoms with Crippen molar-refractivity contribution in [2.24, 2.45) is 13.0 Å². The highest BCUT2D eigenvalue weighted by molar-refractivity contribution is 5.88. The van der Waals surface area contributed by atoms with Gasteiger partial charge in [-0.15, -0.1) is 0 Å². The Labute approximate surface area is 208 Å². The Hall–Kier alpha value is -4.01. The van der Waals surface area contributed by atoms with Gasteiger partial charge in [-0.2, -0.15) is 0 Å². The number of hydrogen-bond donors (Lipinski definition) is 0. The fraction of sp³-hybridized carbons (Fsp3) is 0.333. The Morgan fingerprint density at radius 3 is 2.61 bits per heavy atom. The molecule has 0 N–H and O–H groups in total. The third-order valence-corrected chi connectivity index (χ3v) is 6.95. The number of likely N-dealkylation sites (tertiary alicyclic amines) is 1. The average molecular weight is 490 g/mol. The molecule has 0 aliphatic carbocycles. The van der Waals surface area contributed by atoms with Crippen LogP contribution in [0.2, 0.25) is 0 Å². The summed E-state index contributed by atoms with van der Waals surface area (Å²) in [5.41, 5.74) is 2.22. The first-order valence-corrected chi connectivity index (χ1v) is 12.1. The van der Waals surface area contributed by atoms with E-state index in [2.05, 4.69) is 9.97 Å². The van der Waals surface area contributed by atoms with Gasteiger partial charge < -0.3 is 9.64 Å². The van der Waals surface area contributed by atoms with Gasteiger partial charge in [0.15, 0.2) is 11.5 Å². The van der Waals surface area contributed by atoms with E-state index < -0.39 is 5.69 Å². The molecule has 1 aliphatic heterocycles. The number of imidazole rings is 1. The minimum Gasteiger partial charge on any atom is -0.497 e. The minimum atomic E-state index is -0.439. The molecule has 4 aromatic rings. The van der Waals surface area contributed by atoms with Crippen molar-refractivity contribution in [1.29, 1.82) is 0 Å². The maximum Gasteiger partial charge on any atom is 0.338 e. The van der Waals surface area contributed by atoms with Gasteiger partial charge >= 0.3 is 11.7 Å². The number of hydrogen-bond acceptors (Lipinski definition) is 5. The van der Waals surface area contributed by atoms with Crippen LogP contribution in [0.25, 0.3) is 22.6 Å². The summed E-state index contributed by atoms with van der Waals surface area (Å²) in [5, 5.41) is 0. The molecule has 8 nitrogen and oxygen atoms in total. The summed E-state index contributed by atoms with van der Waals surface area (Å²) >= 11 is 0. The third-order valence-electron chi connectivity index (χ3n) is 6.95. The molecule has 36 heavy (non-hydrogen) atoms. The first-order valence-electron chi connectivity index (χ1n) is 12.1. The van der Waals surface area contributed by atoms with Crippen LogP contribution in [0.1, 0.15) is 24.8 Å². The normalized spacial score (nSPS) is 14.4. The third kappa shape index (κ3) is 4.60. The zero-order valence-corrected chi connectivity index (χ0v) is 20.4. The van der Waals surface area contributed by atoms with Crippen molar-refractivity contribution in [2.45, 2.75) is 25.7 Å². The van der Waals surface area contributed by atoms with Gasteiger partial charge in [-0.3, -0.25) is 4.57 Å². The zero-order valence-electron chi connectivity index (χ0n) is 20.4. The molecular weight excluding hydrogens is 461 g/mol. The first-order chi connectivity index (χ1) is 17.4. The molecule has 2 aromatic heterocycles. The lowest BCUT2D eigenvalue weighted by Crippen LogP contribution is -2.44. The molecule has 5 rings (SSSR count). The van der Waals surface area contributed by atoms with Gasteiger partial charge in [0.05, 0.1) is 13.3 Å². The van der Waals surface area contributed by atoms with E-state index in [0.717, 1.165) is 36.8 Å². The largest absolute Gasteiger partial charge is 0.497 e. The van der Waals surface area contributed by atoms with E-state index in [9.17, 15) is 14.0 Å². The number of methoxy groups -OCH3 is 1. The molecule has 1 saturated heterocycles. The molecule has 0 atom stereocenters. The van der Waals surface area contributed by atoms with Gasteiger partial charge in [0.1, 0.15) is 17.1 Å². The smallest absolute Gasteiger partial charge is 0.338 e. The van der Waals surface area contributed by atoms with E-state index >= 15 is 0 Å². The number of aromatic nitrogens is 4. The second-order valence-corrected chi connectivity index (χ2v) is 9.19. The summed E-state index contributed by atoms with van der Waals surface area (Å²) in [5.74, 6) is 1.38. The quantitative estimate of drug-likeness (QED) is 0.419. The first kappa shape index (κ1) is 23.7. The standard InChI is InChI=1S/C27H28FN5O3/c1-31-25-23(17-29-24(30-25)20-4-3-5-22(16-20)36-2)33(26(31)34)27(35)32-14-12-19(13-15-32)7-6-18-8-10-21(28)11-9-18/h3-5,8-11,16-17,19H,6-7,12-15H2,1-2H3. The zero-order chi connectivity index (χ0) is 25.2. The van der Waals surface area contributed by atoms with Gasteiger partial charge in [-0.1, -0.05) is 24.3 Å². The summed E-state index contributed by atoms with van der Waals surface area (Å²) < 4.78 is 21.0. The molecule has 0 spiro atoms. The van der Waals surface area contributed by atoms with Crippen LogP contribution in [-0.2, 0) is 13.5 Å². The van der Waals surface area contributed by atoms with Crippen molar-refractivity contribution in [3.8, 4) is 17.1 Å². The van der Waals surface area contributed by atoms with Gasteiger partial charge in [0.25, 0.3) is 0 Å².